The number of aliphatic hydroxyl groups excluding tert-OH is 1. The van der Waals surface area contributed by atoms with Crippen molar-refractivity contribution >= 4 is 5.97 Å². The van der Waals surface area contributed by atoms with Gasteiger partial charge >= 0.3 is 5.97 Å². The van der Waals surface area contributed by atoms with Gasteiger partial charge in [0.05, 0.1) is 6.10 Å². The molecule has 3 N–H and O–H groups in total. The van der Waals surface area contributed by atoms with Crippen molar-refractivity contribution in [3.63, 3.8) is 0 Å². The normalized spacial score (nSPS) is 15.7. The Morgan fingerprint density at radius 1 is 1.47 bits per heavy atom. The molecule has 5 heteroatoms. The van der Waals surface area contributed by atoms with Crippen LogP contribution in [0.5, 0.6) is 0 Å². The number of nitrogens with zero attached hydrogens (tertiary/aromatic N) is 1. The SMILES string of the molecule is CN[C@H](C(=O)O)[C@H](O)[C@H](C)CCCc1ccccn1. The van der Waals surface area contributed by atoms with Gasteiger partial charge in [-0.2, -0.15) is 0 Å². The van der Waals surface area contributed by atoms with Gasteiger partial charge in [-0.15, -0.1) is 0 Å². The van der Waals surface area contributed by atoms with Crippen molar-refractivity contribution in [2.45, 2.75) is 38.3 Å². The molecule has 0 unspecified atom stereocenters. The van der Waals surface area contributed by atoms with Crippen LogP contribution < -0.4 is 5.32 Å². The van der Waals surface area contributed by atoms with Crippen molar-refractivity contribution in [2.75, 3.05) is 7.05 Å². The van der Waals surface area contributed by atoms with Gasteiger partial charge in [0, 0.05) is 11.9 Å². The Morgan fingerprint density at radius 2 is 2.21 bits per heavy atom. The number of aromatic nitrogens is 1. The fraction of sp³-hybridized carbons (Fsp3) is 0.571. The molecule has 0 aromatic carbocycles. The van der Waals surface area contributed by atoms with Crippen molar-refractivity contribution in [1.29, 1.82) is 0 Å². The number of pyridine rings is 1. The monoisotopic (exact) mass is 266 g/mol. The fourth-order valence-electron chi connectivity index (χ4n) is 2.09. The van der Waals surface area contributed by atoms with E-state index in [1.807, 2.05) is 25.1 Å². The number of aryl methyl sites for hydroxylation is 1. The lowest BCUT2D eigenvalue weighted by molar-refractivity contribution is -0.143. The van der Waals surface area contributed by atoms with Gasteiger partial charge in [0.2, 0.25) is 0 Å². The summed E-state index contributed by atoms with van der Waals surface area (Å²) < 4.78 is 0. The average Bonchev–Trinajstić information content (AvgIpc) is 2.40. The van der Waals surface area contributed by atoms with Gasteiger partial charge in [-0.3, -0.25) is 9.78 Å². The molecule has 0 spiro atoms. The molecule has 0 aliphatic heterocycles. The van der Waals surface area contributed by atoms with Crippen LogP contribution in [-0.4, -0.2) is 40.4 Å². The summed E-state index contributed by atoms with van der Waals surface area (Å²) >= 11 is 0. The summed E-state index contributed by atoms with van der Waals surface area (Å²) in [7, 11) is 1.54. The highest BCUT2D eigenvalue weighted by Gasteiger charge is 2.28. The van der Waals surface area contributed by atoms with E-state index in [1.54, 1.807) is 13.2 Å². The fourth-order valence-corrected chi connectivity index (χ4v) is 2.09. The molecule has 0 amide bonds. The Balaban J connectivity index is 2.38. The number of aliphatic carboxylic acids is 1. The number of aliphatic hydroxyl groups is 1. The second-order valence-electron chi connectivity index (χ2n) is 4.79. The van der Waals surface area contributed by atoms with Gasteiger partial charge in [-0.05, 0) is 44.4 Å². The van der Waals surface area contributed by atoms with Crippen molar-refractivity contribution in [3.05, 3.63) is 30.1 Å². The molecule has 0 aliphatic rings. The molecular weight excluding hydrogens is 244 g/mol. The largest absolute Gasteiger partial charge is 0.480 e. The number of hydrogen-bond donors (Lipinski definition) is 3. The lowest BCUT2D eigenvalue weighted by Gasteiger charge is -2.24. The first-order valence-corrected chi connectivity index (χ1v) is 6.54. The minimum atomic E-state index is -1.02. The van der Waals surface area contributed by atoms with Crippen LogP contribution in [0.4, 0.5) is 0 Å². The molecule has 1 aromatic heterocycles. The number of hydrogen-bond acceptors (Lipinski definition) is 4. The van der Waals surface area contributed by atoms with Crippen LogP contribution in [0.3, 0.4) is 0 Å². The predicted octanol–water partition coefficient (Wildman–Crippen LogP) is 1.07. The Morgan fingerprint density at radius 3 is 2.74 bits per heavy atom. The van der Waals surface area contributed by atoms with E-state index in [-0.39, 0.29) is 5.92 Å². The predicted molar refractivity (Wildman–Crippen MR) is 72.8 cm³/mol. The number of carboxylic acid groups (broad SMARTS) is 1. The van der Waals surface area contributed by atoms with Crippen molar-refractivity contribution in [3.8, 4) is 0 Å². The smallest absolute Gasteiger partial charge is 0.323 e. The molecule has 1 aromatic rings. The van der Waals surface area contributed by atoms with Crippen LogP contribution in [0.25, 0.3) is 0 Å². The molecule has 0 radical (unpaired) electrons. The Labute approximate surface area is 113 Å². The van der Waals surface area contributed by atoms with Gasteiger partial charge in [0.15, 0.2) is 0 Å². The third kappa shape index (κ3) is 4.96. The van der Waals surface area contributed by atoms with E-state index < -0.39 is 18.1 Å². The second kappa shape index (κ2) is 7.86. The first-order valence-electron chi connectivity index (χ1n) is 6.54. The van der Waals surface area contributed by atoms with E-state index in [1.165, 1.54) is 0 Å². The van der Waals surface area contributed by atoms with E-state index in [2.05, 4.69) is 10.3 Å². The molecular formula is C14H22N2O3. The van der Waals surface area contributed by atoms with Crippen LogP contribution in [0.2, 0.25) is 0 Å². The van der Waals surface area contributed by atoms with E-state index in [4.69, 9.17) is 5.11 Å². The number of likely N-dealkylation sites (N-methyl/N-ethyl adjacent to an activating group) is 1. The summed E-state index contributed by atoms with van der Waals surface area (Å²) in [6.07, 6.45) is 3.37. The minimum absolute atomic E-state index is 0.0720. The standard InChI is InChI=1S/C14H22N2O3/c1-10(13(17)12(15-2)14(18)19)6-5-8-11-7-3-4-9-16-11/h3-4,7,9-10,12-13,15,17H,5-6,8H2,1-2H3,(H,18,19)/t10-,12+,13-/m1/s1. The van der Waals surface area contributed by atoms with E-state index in [0.717, 1.165) is 25.0 Å². The zero-order valence-corrected chi connectivity index (χ0v) is 11.4. The number of nitrogens with one attached hydrogen (secondary N) is 1. The molecule has 1 rings (SSSR count). The topological polar surface area (TPSA) is 82.5 Å². The van der Waals surface area contributed by atoms with Gasteiger partial charge < -0.3 is 15.5 Å². The third-order valence-corrected chi connectivity index (χ3v) is 3.32. The molecule has 0 aliphatic carbocycles. The van der Waals surface area contributed by atoms with E-state index >= 15 is 0 Å². The quantitative estimate of drug-likeness (QED) is 0.655. The number of carbonyl (C=O) groups is 1. The first-order chi connectivity index (χ1) is 9.06. The number of carboxylic acids is 1. The highest BCUT2D eigenvalue weighted by atomic mass is 16.4. The van der Waals surface area contributed by atoms with Crippen LogP contribution in [0.1, 0.15) is 25.5 Å². The maximum atomic E-state index is 10.9. The number of rotatable bonds is 8. The molecule has 5 nitrogen and oxygen atoms in total. The molecule has 19 heavy (non-hydrogen) atoms. The van der Waals surface area contributed by atoms with E-state index in [0.29, 0.717) is 0 Å². The van der Waals surface area contributed by atoms with Crippen LogP contribution in [0, 0.1) is 5.92 Å². The molecule has 1 heterocycles. The second-order valence-corrected chi connectivity index (χ2v) is 4.79. The Hall–Kier alpha value is -1.46. The molecule has 3 atom stereocenters. The van der Waals surface area contributed by atoms with Gasteiger partial charge in [-0.25, -0.2) is 0 Å². The lowest BCUT2D eigenvalue weighted by Crippen LogP contribution is -2.47. The average molecular weight is 266 g/mol. The minimum Gasteiger partial charge on any atom is -0.480 e. The maximum absolute atomic E-state index is 10.9. The van der Waals surface area contributed by atoms with Crippen LogP contribution in [0.15, 0.2) is 24.4 Å². The summed E-state index contributed by atoms with van der Waals surface area (Å²) in [5.41, 5.74) is 1.02. The van der Waals surface area contributed by atoms with Crippen LogP contribution in [-0.2, 0) is 11.2 Å². The maximum Gasteiger partial charge on any atom is 0.323 e. The Kier molecular flexibility index (Phi) is 6.45. The molecule has 0 saturated heterocycles. The van der Waals surface area contributed by atoms with Gasteiger partial charge in [0.1, 0.15) is 6.04 Å². The van der Waals surface area contributed by atoms with Gasteiger partial charge in [0.25, 0.3) is 0 Å². The lowest BCUT2D eigenvalue weighted by atomic mass is 9.92. The highest BCUT2D eigenvalue weighted by Crippen LogP contribution is 2.15. The first kappa shape index (κ1) is 15.6. The van der Waals surface area contributed by atoms with Crippen molar-refractivity contribution in [2.24, 2.45) is 5.92 Å². The Bertz CT molecular complexity index is 384. The zero-order valence-electron chi connectivity index (χ0n) is 11.4. The zero-order chi connectivity index (χ0) is 14.3. The van der Waals surface area contributed by atoms with Crippen molar-refractivity contribution in [1.82, 2.24) is 10.3 Å². The van der Waals surface area contributed by atoms with E-state index in [9.17, 15) is 9.90 Å². The molecule has 0 saturated carbocycles. The third-order valence-electron chi connectivity index (χ3n) is 3.32. The summed E-state index contributed by atoms with van der Waals surface area (Å²) in [6.45, 7) is 1.87. The molecule has 0 fully saturated rings. The van der Waals surface area contributed by atoms with Crippen LogP contribution >= 0.6 is 0 Å². The summed E-state index contributed by atoms with van der Waals surface area (Å²) in [5.74, 6) is -1.09. The summed E-state index contributed by atoms with van der Waals surface area (Å²) in [6, 6.07) is 4.88. The molecule has 0 bridgehead atoms. The summed E-state index contributed by atoms with van der Waals surface area (Å²) in [4.78, 5) is 15.2. The molecule has 106 valence electrons. The van der Waals surface area contributed by atoms with Gasteiger partial charge in [-0.1, -0.05) is 13.0 Å². The highest BCUT2D eigenvalue weighted by molar-refractivity contribution is 5.74. The summed E-state index contributed by atoms with van der Waals surface area (Å²) in [5, 5.41) is 21.6. The van der Waals surface area contributed by atoms with Crippen molar-refractivity contribution < 1.29 is 15.0 Å².